The van der Waals surface area contributed by atoms with Crippen LogP contribution in [0.5, 0.6) is 0 Å². The van der Waals surface area contributed by atoms with Gasteiger partial charge in [-0.1, -0.05) is 33.8 Å². The van der Waals surface area contributed by atoms with Gasteiger partial charge in [-0.2, -0.15) is 23.8 Å². The van der Waals surface area contributed by atoms with Crippen molar-refractivity contribution in [1.82, 2.24) is 4.90 Å². The van der Waals surface area contributed by atoms with E-state index in [1.165, 1.54) is 29.2 Å². The molecule has 21 heavy (non-hydrogen) atoms. The summed E-state index contributed by atoms with van der Waals surface area (Å²) in [6, 6.07) is 3.99. The first-order valence-electron chi connectivity index (χ1n) is 5.59. The Labute approximate surface area is 159 Å². The van der Waals surface area contributed by atoms with Crippen molar-refractivity contribution in [2.75, 3.05) is 6.54 Å². The molecule has 7 heteroatoms. The van der Waals surface area contributed by atoms with Crippen LogP contribution in [0, 0.1) is 11.9 Å². The minimum absolute atomic E-state index is 0. The van der Waals surface area contributed by atoms with E-state index in [1.807, 2.05) is 0 Å². The van der Waals surface area contributed by atoms with Crippen molar-refractivity contribution in [2.45, 2.75) is 6.43 Å². The summed E-state index contributed by atoms with van der Waals surface area (Å²) >= 11 is 9.10. The van der Waals surface area contributed by atoms with Gasteiger partial charge in [-0.15, -0.1) is 6.07 Å². The van der Waals surface area contributed by atoms with Gasteiger partial charge in [-0.3, -0.25) is 0 Å². The molecule has 0 saturated carbocycles. The second kappa shape index (κ2) is 7.95. The summed E-state index contributed by atoms with van der Waals surface area (Å²) in [5, 5.41) is 0.243. The molecule has 0 unspecified atom stereocenters. The largest absolute Gasteiger partial charge is 0.368 e. The van der Waals surface area contributed by atoms with Crippen LogP contribution in [-0.4, -0.2) is 17.9 Å². The fourth-order valence-electron chi connectivity index (χ4n) is 1.80. The molecule has 0 bridgehead atoms. The summed E-state index contributed by atoms with van der Waals surface area (Å²) in [5.74, 6) is -0.426. The number of rotatable bonds is 3. The van der Waals surface area contributed by atoms with Crippen LogP contribution in [0.25, 0.3) is 5.70 Å². The van der Waals surface area contributed by atoms with Gasteiger partial charge in [0, 0.05) is 32.7 Å². The van der Waals surface area contributed by atoms with Crippen molar-refractivity contribution in [1.29, 1.82) is 0 Å². The molecule has 0 aliphatic carbocycles. The molecule has 0 aromatic heterocycles. The van der Waals surface area contributed by atoms with E-state index in [0.717, 1.165) is 0 Å². The van der Waals surface area contributed by atoms with Crippen LogP contribution in [0.1, 0.15) is 5.56 Å². The van der Waals surface area contributed by atoms with Gasteiger partial charge in [0.2, 0.25) is 0 Å². The third-order valence-electron chi connectivity index (χ3n) is 2.71. The first-order valence-corrected chi connectivity index (χ1v) is 6.76. The molecule has 2 rings (SSSR count). The number of hydrogen-bond donors (Lipinski definition) is 0. The van der Waals surface area contributed by atoms with E-state index in [1.54, 1.807) is 0 Å². The molecular formula is C14H9BrClF3NY-. The van der Waals surface area contributed by atoms with Crippen LogP contribution >= 0.6 is 27.5 Å². The smallest absolute Gasteiger partial charge is 0.256 e. The maximum Gasteiger partial charge on any atom is 0.256 e. The minimum atomic E-state index is -2.56. The Kier molecular flexibility index (Phi) is 7.18. The molecule has 0 N–H and O–H groups in total. The Morgan fingerprint density at radius 1 is 1.38 bits per heavy atom. The van der Waals surface area contributed by atoms with Crippen LogP contribution in [-0.2, 0) is 32.7 Å². The molecule has 1 radical (unpaired) electrons. The van der Waals surface area contributed by atoms with E-state index in [0.29, 0.717) is 15.7 Å². The summed E-state index contributed by atoms with van der Waals surface area (Å²) < 4.78 is 39.0. The van der Waals surface area contributed by atoms with E-state index >= 15 is 0 Å². The molecule has 1 aliphatic heterocycles. The Morgan fingerprint density at radius 3 is 2.62 bits per heavy atom. The maximum atomic E-state index is 13.1. The minimum Gasteiger partial charge on any atom is -0.368 e. The number of nitrogens with zero attached hydrogens (tertiary/aromatic N) is 1. The topological polar surface area (TPSA) is 3.24 Å². The van der Waals surface area contributed by atoms with Gasteiger partial charge >= 0.3 is 0 Å². The van der Waals surface area contributed by atoms with Crippen LogP contribution in [0.4, 0.5) is 13.2 Å². The second-order valence-electron chi connectivity index (χ2n) is 4.06. The van der Waals surface area contributed by atoms with Gasteiger partial charge in [0.15, 0.2) is 0 Å². The van der Waals surface area contributed by atoms with Crippen LogP contribution in [0.2, 0.25) is 0 Å². The molecule has 1 aromatic rings. The van der Waals surface area contributed by atoms with Crippen LogP contribution in [0.3, 0.4) is 0 Å². The molecule has 1 nitrogen and oxygen atoms in total. The molecule has 1 aliphatic rings. The Bertz CT molecular complexity index is 616. The number of benzene rings is 1. The number of hydrogen-bond acceptors (Lipinski definition) is 1. The van der Waals surface area contributed by atoms with E-state index in [4.69, 9.17) is 11.6 Å². The number of allylic oxidation sites excluding steroid dienone is 3. The van der Waals surface area contributed by atoms with Gasteiger partial charge < -0.3 is 4.90 Å². The van der Waals surface area contributed by atoms with Crippen molar-refractivity contribution >= 4 is 33.2 Å². The zero-order valence-corrected chi connectivity index (χ0v) is 15.9. The van der Waals surface area contributed by atoms with Gasteiger partial charge in [-0.05, 0) is 27.3 Å². The first-order chi connectivity index (χ1) is 9.40. The SMILES string of the molecule is C=C1C(Cl)=C[C-]=C(c2ccc(F)cc2Br)N1CC(F)F.[Y]. The van der Waals surface area contributed by atoms with E-state index in [-0.39, 0.29) is 43.4 Å². The Hall–Kier alpha value is -0.0961. The molecular weight excluding hydrogens is 443 g/mol. The summed E-state index contributed by atoms with van der Waals surface area (Å²) in [4.78, 5) is 1.27. The van der Waals surface area contributed by atoms with Crippen molar-refractivity contribution in [3.63, 3.8) is 0 Å². The maximum absolute atomic E-state index is 13.1. The number of halogens is 5. The van der Waals surface area contributed by atoms with E-state index < -0.39 is 18.8 Å². The summed E-state index contributed by atoms with van der Waals surface area (Å²) in [6.07, 6.45) is 1.72. The molecule has 1 aromatic carbocycles. The Morgan fingerprint density at radius 2 is 2.05 bits per heavy atom. The summed E-state index contributed by atoms with van der Waals surface area (Å²) in [5.41, 5.74) is 1.16. The molecule has 109 valence electrons. The van der Waals surface area contributed by atoms with Crippen molar-refractivity contribution < 1.29 is 45.9 Å². The normalized spacial score (nSPS) is 14.8. The van der Waals surface area contributed by atoms with Gasteiger partial charge in [0.25, 0.3) is 6.43 Å². The summed E-state index contributed by atoms with van der Waals surface area (Å²) in [7, 11) is 0. The molecule has 0 fully saturated rings. The average molecular weight is 452 g/mol. The standard InChI is InChI=1S/C14H9BrClF3N.Y/c1-8-12(16)4-5-13(20(8)7-14(18)19)10-3-2-9(17)6-11(10)15;/h2-4,6,14H,1,7H2;/q-1;. The molecule has 1 heterocycles. The van der Waals surface area contributed by atoms with Gasteiger partial charge in [0.05, 0.1) is 6.54 Å². The van der Waals surface area contributed by atoms with Crippen LogP contribution in [0.15, 0.2) is 46.1 Å². The van der Waals surface area contributed by atoms with Crippen molar-refractivity contribution in [3.05, 3.63) is 63.5 Å². The van der Waals surface area contributed by atoms with Crippen LogP contribution < -0.4 is 0 Å². The third-order valence-corrected chi connectivity index (χ3v) is 3.70. The molecule has 0 amide bonds. The van der Waals surface area contributed by atoms with Crippen molar-refractivity contribution in [2.24, 2.45) is 0 Å². The third kappa shape index (κ3) is 4.44. The average Bonchev–Trinajstić information content (AvgIpc) is 2.36. The molecule has 0 atom stereocenters. The zero-order chi connectivity index (χ0) is 14.9. The second-order valence-corrected chi connectivity index (χ2v) is 5.32. The fraction of sp³-hybridized carbons (Fsp3) is 0.143. The fourth-order valence-corrected chi connectivity index (χ4v) is 2.50. The number of alkyl halides is 2. The van der Waals surface area contributed by atoms with Gasteiger partial charge in [0.1, 0.15) is 5.82 Å². The van der Waals surface area contributed by atoms with Gasteiger partial charge in [-0.25, -0.2) is 13.2 Å². The summed E-state index contributed by atoms with van der Waals surface area (Å²) in [6.45, 7) is 3.13. The predicted molar refractivity (Wildman–Crippen MR) is 76.5 cm³/mol. The quantitative estimate of drug-likeness (QED) is 0.587. The predicted octanol–water partition coefficient (Wildman–Crippen LogP) is 4.95. The van der Waals surface area contributed by atoms with E-state index in [9.17, 15) is 13.2 Å². The van der Waals surface area contributed by atoms with Crippen molar-refractivity contribution in [3.8, 4) is 0 Å². The zero-order valence-electron chi connectivity index (χ0n) is 10.7. The first kappa shape index (κ1) is 19.0. The molecule has 0 spiro atoms. The van der Waals surface area contributed by atoms with E-state index in [2.05, 4.69) is 28.6 Å². The Balaban J connectivity index is 0.00000220. The monoisotopic (exact) mass is 451 g/mol. The molecule has 0 saturated heterocycles.